The quantitative estimate of drug-likeness (QED) is 0.877. The van der Waals surface area contributed by atoms with Crippen LogP contribution < -0.4 is 4.90 Å². The van der Waals surface area contributed by atoms with Gasteiger partial charge in [-0.25, -0.2) is 13.4 Å². The zero-order chi connectivity index (χ0) is 15.6. The third-order valence-corrected chi connectivity index (χ3v) is 6.34. The summed E-state index contributed by atoms with van der Waals surface area (Å²) in [5.74, 6) is 0.328. The maximum atomic E-state index is 11.5. The molecular weight excluding hydrogens is 310 g/mol. The molecule has 2 heterocycles. The molecular formula is C13H23N3O3S2. The average Bonchev–Trinajstić information content (AvgIpc) is 2.90. The standard InChI is InChI=1S/C13H23N3O3S2/c1-4-10(2)12-11(9-17)20-13(14-12)15-5-7-16(8-6-15)21(3,18)19/h10,17H,4-9H2,1-3H3. The van der Waals surface area contributed by atoms with Gasteiger partial charge in [0.05, 0.1) is 23.4 Å². The van der Waals surface area contributed by atoms with Gasteiger partial charge in [0.1, 0.15) is 0 Å². The first-order valence-electron chi connectivity index (χ1n) is 7.17. The van der Waals surface area contributed by atoms with E-state index >= 15 is 0 Å². The van der Waals surface area contributed by atoms with E-state index in [4.69, 9.17) is 0 Å². The largest absolute Gasteiger partial charge is 0.391 e. The molecule has 0 saturated carbocycles. The Morgan fingerprint density at radius 2 is 1.95 bits per heavy atom. The predicted molar refractivity (Wildman–Crippen MR) is 85.4 cm³/mol. The molecule has 21 heavy (non-hydrogen) atoms. The number of nitrogens with zero attached hydrogens (tertiary/aromatic N) is 3. The number of hydrogen-bond acceptors (Lipinski definition) is 6. The van der Waals surface area contributed by atoms with Gasteiger partial charge in [-0.3, -0.25) is 0 Å². The molecule has 1 atom stereocenters. The number of hydrogen-bond donors (Lipinski definition) is 1. The number of anilines is 1. The first kappa shape index (κ1) is 16.7. The molecule has 1 N–H and O–H groups in total. The number of rotatable bonds is 5. The fourth-order valence-electron chi connectivity index (χ4n) is 2.39. The molecule has 8 heteroatoms. The highest BCUT2D eigenvalue weighted by Gasteiger charge is 2.26. The first-order valence-corrected chi connectivity index (χ1v) is 9.83. The summed E-state index contributed by atoms with van der Waals surface area (Å²) in [4.78, 5) is 7.71. The van der Waals surface area contributed by atoms with Crippen LogP contribution in [0.25, 0.3) is 0 Å². The number of aliphatic hydroxyl groups is 1. The molecule has 1 aromatic heterocycles. The van der Waals surface area contributed by atoms with Gasteiger partial charge in [-0.05, 0) is 12.3 Å². The zero-order valence-electron chi connectivity index (χ0n) is 12.7. The van der Waals surface area contributed by atoms with Gasteiger partial charge in [0, 0.05) is 26.2 Å². The van der Waals surface area contributed by atoms with Crippen molar-refractivity contribution in [1.29, 1.82) is 0 Å². The minimum Gasteiger partial charge on any atom is -0.391 e. The number of thiazole rings is 1. The predicted octanol–water partition coefficient (Wildman–Crippen LogP) is 1.23. The van der Waals surface area contributed by atoms with E-state index in [1.54, 1.807) is 0 Å². The van der Waals surface area contributed by atoms with Gasteiger partial charge in [0.2, 0.25) is 10.0 Å². The summed E-state index contributed by atoms with van der Waals surface area (Å²) in [6.07, 6.45) is 2.23. The first-order chi connectivity index (χ1) is 9.86. The fourth-order valence-corrected chi connectivity index (χ4v) is 4.31. The summed E-state index contributed by atoms with van der Waals surface area (Å²) >= 11 is 1.52. The van der Waals surface area contributed by atoms with Crippen molar-refractivity contribution in [2.45, 2.75) is 32.8 Å². The van der Waals surface area contributed by atoms with Crippen LogP contribution in [0.4, 0.5) is 5.13 Å². The van der Waals surface area contributed by atoms with Crippen molar-refractivity contribution < 1.29 is 13.5 Å². The van der Waals surface area contributed by atoms with E-state index in [0.717, 1.165) is 22.1 Å². The van der Waals surface area contributed by atoms with E-state index in [2.05, 4.69) is 23.7 Å². The number of piperazine rings is 1. The molecule has 1 fully saturated rings. The Balaban J connectivity index is 2.12. The van der Waals surface area contributed by atoms with Crippen LogP contribution >= 0.6 is 11.3 Å². The van der Waals surface area contributed by atoms with Crippen molar-refractivity contribution in [3.8, 4) is 0 Å². The van der Waals surface area contributed by atoms with Gasteiger partial charge in [0.25, 0.3) is 0 Å². The lowest BCUT2D eigenvalue weighted by Gasteiger charge is -2.33. The van der Waals surface area contributed by atoms with Crippen LogP contribution in [0.3, 0.4) is 0 Å². The monoisotopic (exact) mass is 333 g/mol. The summed E-state index contributed by atoms with van der Waals surface area (Å²) in [7, 11) is -3.11. The van der Waals surface area contributed by atoms with E-state index in [1.807, 2.05) is 0 Å². The molecule has 2 rings (SSSR count). The molecule has 0 spiro atoms. The van der Waals surface area contributed by atoms with E-state index in [9.17, 15) is 13.5 Å². The van der Waals surface area contributed by atoms with Crippen molar-refractivity contribution in [2.75, 3.05) is 37.3 Å². The minimum atomic E-state index is -3.11. The molecule has 120 valence electrons. The van der Waals surface area contributed by atoms with Gasteiger partial charge >= 0.3 is 0 Å². The van der Waals surface area contributed by atoms with Gasteiger partial charge in [0.15, 0.2) is 5.13 Å². The summed E-state index contributed by atoms with van der Waals surface area (Å²) in [6, 6.07) is 0. The highest BCUT2D eigenvalue weighted by molar-refractivity contribution is 7.88. The fraction of sp³-hybridized carbons (Fsp3) is 0.769. The Morgan fingerprint density at radius 1 is 1.33 bits per heavy atom. The Hall–Kier alpha value is -0.700. The molecule has 0 radical (unpaired) electrons. The van der Waals surface area contributed by atoms with Crippen molar-refractivity contribution in [1.82, 2.24) is 9.29 Å². The topological polar surface area (TPSA) is 73.7 Å². The van der Waals surface area contributed by atoms with E-state index in [0.29, 0.717) is 32.1 Å². The van der Waals surface area contributed by atoms with Crippen LogP contribution in [0.15, 0.2) is 0 Å². The Labute approximate surface area is 130 Å². The molecule has 0 aliphatic carbocycles. The molecule has 6 nitrogen and oxygen atoms in total. The summed E-state index contributed by atoms with van der Waals surface area (Å²) in [6.45, 7) is 6.50. The Bertz CT molecular complexity index is 577. The second kappa shape index (κ2) is 6.60. The third kappa shape index (κ3) is 3.74. The summed E-state index contributed by atoms with van der Waals surface area (Å²) in [5.41, 5.74) is 0.977. The maximum absolute atomic E-state index is 11.5. The van der Waals surface area contributed by atoms with Crippen LogP contribution in [0.1, 0.15) is 36.8 Å². The van der Waals surface area contributed by atoms with E-state index in [1.165, 1.54) is 21.9 Å². The van der Waals surface area contributed by atoms with E-state index < -0.39 is 10.0 Å². The van der Waals surface area contributed by atoms with E-state index in [-0.39, 0.29) is 6.61 Å². The average molecular weight is 333 g/mol. The van der Waals surface area contributed by atoms with Crippen molar-refractivity contribution in [2.24, 2.45) is 0 Å². The van der Waals surface area contributed by atoms with Crippen LogP contribution in [0.2, 0.25) is 0 Å². The number of sulfonamides is 1. The maximum Gasteiger partial charge on any atom is 0.211 e. The molecule has 1 aliphatic heterocycles. The van der Waals surface area contributed by atoms with Gasteiger partial charge in [-0.1, -0.05) is 25.2 Å². The zero-order valence-corrected chi connectivity index (χ0v) is 14.4. The number of aliphatic hydroxyl groups excluding tert-OH is 1. The molecule has 1 aliphatic rings. The van der Waals surface area contributed by atoms with Gasteiger partial charge < -0.3 is 10.0 Å². The summed E-state index contributed by atoms with van der Waals surface area (Å²) in [5, 5.41) is 10.4. The highest BCUT2D eigenvalue weighted by Crippen LogP contribution is 2.32. The number of aromatic nitrogens is 1. The summed E-state index contributed by atoms with van der Waals surface area (Å²) < 4.78 is 24.5. The third-order valence-electron chi connectivity index (χ3n) is 3.92. The lowest BCUT2D eigenvalue weighted by atomic mass is 10.0. The molecule has 0 amide bonds. The van der Waals surface area contributed by atoms with Crippen molar-refractivity contribution in [3.63, 3.8) is 0 Å². The SMILES string of the molecule is CCC(C)c1nc(N2CCN(S(C)(=O)=O)CC2)sc1CO. The van der Waals surface area contributed by atoms with Crippen LogP contribution in [-0.4, -0.2) is 55.2 Å². The Kier molecular flexibility index (Phi) is 5.24. The van der Waals surface area contributed by atoms with Crippen LogP contribution in [0, 0.1) is 0 Å². The normalized spacial score (nSPS) is 19.0. The molecule has 1 saturated heterocycles. The van der Waals surface area contributed by atoms with Crippen molar-refractivity contribution in [3.05, 3.63) is 10.6 Å². The second-order valence-corrected chi connectivity index (χ2v) is 8.47. The minimum absolute atomic E-state index is 0.0145. The molecule has 0 bridgehead atoms. The smallest absolute Gasteiger partial charge is 0.211 e. The van der Waals surface area contributed by atoms with Gasteiger partial charge in [-0.15, -0.1) is 0 Å². The molecule has 1 aromatic rings. The second-order valence-electron chi connectivity index (χ2n) is 5.42. The Morgan fingerprint density at radius 3 is 2.43 bits per heavy atom. The van der Waals surface area contributed by atoms with Crippen LogP contribution in [0.5, 0.6) is 0 Å². The lowest BCUT2D eigenvalue weighted by molar-refractivity contribution is 0.283. The molecule has 0 aromatic carbocycles. The highest BCUT2D eigenvalue weighted by atomic mass is 32.2. The van der Waals surface area contributed by atoms with Crippen LogP contribution in [-0.2, 0) is 16.6 Å². The molecule has 1 unspecified atom stereocenters. The van der Waals surface area contributed by atoms with Gasteiger partial charge in [-0.2, -0.15) is 4.31 Å². The lowest BCUT2D eigenvalue weighted by Crippen LogP contribution is -2.48. The van der Waals surface area contributed by atoms with Crippen molar-refractivity contribution >= 4 is 26.5 Å².